The molecule has 1 atom stereocenters. The first-order valence-electron chi connectivity index (χ1n) is 6.07. The lowest BCUT2D eigenvalue weighted by Crippen LogP contribution is -2.20. The van der Waals surface area contributed by atoms with Crippen molar-refractivity contribution in [1.82, 2.24) is 4.98 Å². The number of amides is 1. The smallest absolute Gasteiger partial charge is 0.231 e. The van der Waals surface area contributed by atoms with E-state index in [0.29, 0.717) is 0 Å². The number of halogens is 1. The van der Waals surface area contributed by atoms with E-state index in [0.717, 1.165) is 17.7 Å². The van der Waals surface area contributed by atoms with Crippen molar-refractivity contribution in [3.8, 4) is 0 Å². The van der Waals surface area contributed by atoms with Gasteiger partial charge < -0.3 is 5.32 Å². The minimum Gasteiger partial charge on any atom is -0.325 e. The Morgan fingerprint density at radius 3 is 2.37 bits per heavy atom. The molecule has 19 heavy (non-hydrogen) atoms. The van der Waals surface area contributed by atoms with Gasteiger partial charge >= 0.3 is 0 Å². The third-order valence-corrected chi connectivity index (χ3v) is 2.87. The number of rotatable bonds is 4. The third-order valence-electron chi connectivity index (χ3n) is 2.87. The molecule has 2 rings (SSSR count). The number of nitrogens with zero attached hydrogens (tertiary/aromatic N) is 1. The maximum Gasteiger partial charge on any atom is 0.231 e. The lowest BCUT2D eigenvalue weighted by Gasteiger charge is -2.15. The van der Waals surface area contributed by atoms with Crippen LogP contribution >= 0.6 is 12.4 Å². The first kappa shape index (κ1) is 15.2. The molecule has 0 saturated carbocycles. The van der Waals surface area contributed by atoms with Gasteiger partial charge in [-0.25, -0.2) is 0 Å². The molecular formula is C15H17ClN2O. The van der Waals surface area contributed by atoms with E-state index in [9.17, 15) is 4.79 Å². The molecule has 1 aromatic carbocycles. The number of hydrogen-bond donors (Lipinski definition) is 1. The lowest BCUT2D eigenvalue weighted by atomic mass is 9.95. The Morgan fingerprint density at radius 1 is 1.16 bits per heavy atom. The van der Waals surface area contributed by atoms with Gasteiger partial charge in [-0.05, 0) is 24.1 Å². The van der Waals surface area contributed by atoms with Crippen molar-refractivity contribution in [3.63, 3.8) is 0 Å². The van der Waals surface area contributed by atoms with E-state index in [2.05, 4.69) is 10.3 Å². The fraction of sp³-hybridized carbons (Fsp3) is 0.200. The van der Waals surface area contributed by atoms with Gasteiger partial charge in [0.15, 0.2) is 0 Å². The number of aromatic nitrogens is 1. The van der Waals surface area contributed by atoms with Crippen LogP contribution in [0.4, 0.5) is 5.69 Å². The summed E-state index contributed by atoms with van der Waals surface area (Å²) in [6.07, 6.45) is 4.11. The van der Waals surface area contributed by atoms with Gasteiger partial charge in [0.2, 0.25) is 5.91 Å². The Kier molecular flexibility index (Phi) is 6.03. The number of anilines is 1. The van der Waals surface area contributed by atoms with Crippen molar-refractivity contribution in [2.45, 2.75) is 19.3 Å². The number of hydrogen-bond acceptors (Lipinski definition) is 2. The van der Waals surface area contributed by atoms with E-state index in [4.69, 9.17) is 0 Å². The average molecular weight is 277 g/mol. The van der Waals surface area contributed by atoms with Crippen LogP contribution in [0, 0.1) is 0 Å². The fourth-order valence-corrected chi connectivity index (χ4v) is 1.92. The zero-order valence-corrected chi connectivity index (χ0v) is 11.6. The summed E-state index contributed by atoms with van der Waals surface area (Å²) in [7, 11) is 0. The Balaban J connectivity index is 0.00000180. The third kappa shape index (κ3) is 4.07. The van der Waals surface area contributed by atoms with Gasteiger partial charge in [0, 0.05) is 18.1 Å². The largest absolute Gasteiger partial charge is 0.325 e. The molecule has 1 aromatic heterocycles. The average Bonchev–Trinajstić information content (AvgIpc) is 2.42. The summed E-state index contributed by atoms with van der Waals surface area (Å²) < 4.78 is 0. The molecule has 0 bridgehead atoms. The SMILES string of the molecule is CCC(C(=O)Nc1ccncc1)c1ccccc1.Cl. The fourth-order valence-electron chi connectivity index (χ4n) is 1.92. The number of pyridine rings is 1. The molecular weight excluding hydrogens is 260 g/mol. The highest BCUT2D eigenvalue weighted by molar-refractivity contribution is 5.95. The second-order valence-corrected chi connectivity index (χ2v) is 4.10. The highest BCUT2D eigenvalue weighted by Crippen LogP contribution is 2.21. The normalized spacial score (nSPS) is 11.2. The summed E-state index contributed by atoms with van der Waals surface area (Å²) in [6, 6.07) is 13.4. The van der Waals surface area contributed by atoms with Crippen molar-refractivity contribution in [1.29, 1.82) is 0 Å². The summed E-state index contributed by atoms with van der Waals surface area (Å²) >= 11 is 0. The molecule has 2 aromatic rings. The predicted octanol–water partition coefficient (Wildman–Crippen LogP) is 3.64. The van der Waals surface area contributed by atoms with E-state index in [1.165, 1.54) is 0 Å². The first-order valence-corrected chi connectivity index (χ1v) is 6.07. The van der Waals surface area contributed by atoms with E-state index >= 15 is 0 Å². The van der Waals surface area contributed by atoms with Crippen molar-refractivity contribution in [2.75, 3.05) is 5.32 Å². The summed E-state index contributed by atoms with van der Waals surface area (Å²) in [6.45, 7) is 2.02. The van der Waals surface area contributed by atoms with Gasteiger partial charge in [-0.1, -0.05) is 37.3 Å². The minimum absolute atomic E-state index is 0. The van der Waals surface area contributed by atoms with Crippen LogP contribution in [0.5, 0.6) is 0 Å². The van der Waals surface area contributed by atoms with Gasteiger partial charge in [0.1, 0.15) is 0 Å². The van der Waals surface area contributed by atoms with Gasteiger partial charge in [0.25, 0.3) is 0 Å². The van der Waals surface area contributed by atoms with Gasteiger partial charge in [-0.3, -0.25) is 9.78 Å². The molecule has 1 heterocycles. The Labute approximate surface area is 119 Å². The number of nitrogens with one attached hydrogen (secondary N) is 1. The van der Waals surface area contributed by atoms with E-state index < -0.39 is 0 Å². The maximum absolute atomic E-state index is 12.2. The molecule has 0 fully saturated rings. The van der Waals surface area contributed by atoms with Crippen LogP contribution in [0.25, 0.3) is 0 Å². The molecule has 0 aliphatic heterocycles. The monoisotopic (exact) mass is 276 g/mol. The molecule has 1 N–H and O–H groups in total. The van der Waals surface area contributed by atoms with Crippen LogP contribution in [0.3, 0.4) is 0 Å². The minimum atomic E-state index is -0.112. The highest BCUT2D eigenvalue weighted by Gasteiger charge is 2.18. The van der Waals surface area contributed by atoms with Gasteiger partial charge in [0.05, 0.1) is 5.92 Å². The molecule has 0 aliphatic rings. The molecule has 0 aliphatic carbocycles. The van der Waals surface area contributed by atoms with Crippen LogP contribution < -0.4 is 5.32 Å². The molecule has 4 heteroatoms. The second-order valence-electron chi connectivity index (χ2n) is 4.10. The van der Waals surface area contributed by atoms with E-state index in [-0.39, 0.29) is 24.2 Å². The molecule has 1 amide bonds. The van der Waals surface area contributed by atoms with Crippen LogP contribution in [-0.2, 0) is 4.79 Å². The summed E-state index contributed by atoms with van der Waals surface area (Å²) in [5.74, 6) is -0.0886. The van der Waals surface area contributed by atoms with Crippen molar-refractivity contribution in [2.24, 2.45) is 0 Å². The number of benzene rings is 1. The maximum atomic E-state index is 12.2. The summed E-state index contributed by atoms with van der Waals surface area (Å²) in [4.78, 5) is 16.1. The van der Waals surface area contributed by atoms with Crippen LogP contribution in [-0.4, -0.2) is 10.9 Å². The van der Waals surface area contributed by atoms with Crippen molar-refractivity contribution in [3.05, 3.63) is 60.4 Å². The Hall–Kier alpha value is -1.87. The number of carbonyl (C=O) groups excluding carboxylic acids is 1. The summed E-state index contributed by atoms with van der Waals surface area (Å²) in [5.41, 5.74) is 1.83. The zero-order valence-electron chi connectivity index (χ0n) is 10.7. The topological polar surface area (TPSA) is 42.0 Å². The van der Waals surface area contributed by atoms with Crippen LogP contribution in [0.1, 0.15) is 24.8 Å². The van der Waals surface area contributed by atoms with E-state index in [1.54, 1.807) is 24.5 Å². The Morgan fingerprint density at radius 2 is 1.79 bits per heavy atom. The zero-order chi connectivity index (χ0) is 12.8. The molecule has 100 valence electrons. The predicted molar refractivity (Wildman–Crippen MR) is 79.6 cm³/mol. The standard InChI is InChI=1S/C15H16N2O.ClH/c1-2-14(12-6-4-3-5-7-12)15(18)17-13-8-10-16-11-9-13;/h3-11,14H,2H2,1H3,(H,16,17,18);1H. The lowest BCUT2D eigenvalue weighted by molar-refractivity contribution is -0.117. The van der Waals surface area contributed by atoms with Crippen molar-refractivity contribution < 1.29 is 4.79 Å². The van der Waals surface area contributed by atoms with Gasteiger partial charge in [-0.15, -0.1) is 12.4 Å². The van der Waals surface area contributed by atoms with Crippen molar-refractivity contribution >= 4 is 24.0 Å². The quantitative estimate of drug-likeness (QED) is 0.926. The molecule has 0 radical (unpaired) electrons. The molecule has 0 spiro atoms. The van der Waals surface area contributed by atoms with Crippen LogP contribution in [0.15, 0.2) is 54.9 Å². The first-order chi connectivity index (χ1) is 8.81. The molecule has 1 unspecified atom stereocenters. The molecule has 3 nitrogen and oxygen atoms in total. The van der Waals surface area contributed by atoms with Crippen LogP contribution in [0.2, 0.25) is 0 Å². The van der Waals surface area contributed by atoms with Gasteiger partial charge in [-0.2, -0.15) is 0 Å². The summed E-state index contributed by atoms with van der Waals surface area (Å²) in [5, 5.41) is 2.91. The van der Waals surface area contributed by atoms with E-state index in [1.807, 2.05) is 37.3 Å². The number of carbonyl (C=O) groups is 1. The molecule has 0 saturated heterocycles. The Bertz CT molecular complexity index is 502. The highest BCUT2D eigenvalue weighted by atomic mass is 35.5. The second kappa shape index (κ2) is 7.54.